The summed E-state index contributed by atoms with van der Waals surface area (Å²) in [6.07, 6.45) is 0. The third-order valence-corrected chi connectivity index (χ3v) is 6.97. The van der Waals surface area contributed by atoms with Gasteiger partial charge < -0.3 is 9.64 Å². The van der Waals surface area contributed by atoms with Crippen LogP contribution in [0.15, 0.2) is 42.5 Å². The van der Waals surface area contributed by atoms with Crippen LogP contribution in [0.5, 0.6) is 5.75 Å². The van der Waals surface area contributed by atoms with Crippen molar-refractivity contribution in [1.29, 1.82) is 5.26 Å². The first-order valence-corrected chi connectivity index (χ1v) is 10.7. The molecule has 2 heterocycles. The Bertz CT molecular complexity index is 1030. The van der Waals surface area contributed by atoms with Gasteiger partial charge >= 0.3 is 10.2 Å². The maximum atomic E-state index is 12.1. The van der Waals surface area contributed by atoms with E-state index >= 15 is 0 Å². The van der Waals surface area contributed by atoms with Crippen LogP contribution in [-0.4, -0.2) is 35.2 Å². The van der Waals surface area contributed by atoms with Crippen molar-refractivity contribution in [2.45, 2.75) is 18.9 Å². The van der Waals surface area contributed by atoms with Crippen LogP contribution in [0, 0.1) is 11.3 Å². The molecule has 7 nitrogen and oxygen atoms in total. The van der Waals surface area contributed by atoms with E-state index in [4.69, 9.17) is 4.74 Å². The van der Waals surface area contributed by atoms with Gasteiger partial charge in [0.25, 0.3) is 0 Å². The molecule has 2 aromatic rings. The Kier molecular flexibility index (Phi) is 4.65. The van der Waals surface area contributed by atoms with Gasteiger partial charge in [-0.2, -0.15) is 18.4 Å². The minimum atomic E-state index is -3.45. The first-order valence-electron chi connectivity index (χ1n) is 9.21. The summed E-state index contributed by atoms with van der Waals surface area (Å²) in [6.45, 7) is 3.63. The lowest BCUT2D eigenvalue weighted by Crippen LogP contribution is -2.29. The van der Waals surface area contributed by atoms with Crippen LogP contribution in [0.4, 0.5) is 11.4 Å². The zero-order chi connectivity index (χ0) is 19.9. The maximum Gasteiger partial charge on any atom is 0.301 e. The Morgan fingerprint density at radius 2 is 2.00 bits per heavy atom. The normalized spacial score (nSPS) is 22.8. The van der Waals surface area contributed by atoms with Crippen LogP contribution in [0.2, 0.25) is 0 Å². The molecule has 2 aliphatic rings. The van der Waals surface area contributed by atoms with Crippen LogP contribution < -0.4 is 18.7 Å². The summed E-state index contributed by atoms with van der Waals surface area (Å²) in [5, 5.41) is 9.88. The number of nitrogens with one attached hydrogen (secondary N) is 1. The highest BCUT2D eigenvalue weighted by molar-refractivity contribution is 7.91. The largest absolute Gasteiger partial charge is 0.497 e. The molecule has 1 saturated heterocycles. The van der Waals surface area contributed by atoms with Crippen molar-refractivity contribution >= 4 is 21.6 Å². The first-order chi connectivity index (χ1) is 13.5. The van der Waals surface area contributed by atoms with Gasteiger partial charge in [0.2, 0.25) is 0 Å². The standard InChI is InChI=1S/C20H22N4O3S/c1-3-23-19-12-16(27-2)8-9-17(19)18(13-21)20(23)14-4-6-15(7-5-14)24-11-10-22-28(24,25)26/h4-9,12,18,20,22H,3,10-11H2,1-2H3. The second-order valence-corrected chi connectivity index (χ2v) is 8.50. The predicted octanol–water partition coefficient (Wildman–Crippen LogP) is 2.54. The topological polar surface area (TPSA) is 85.7 Å². The average molecular weight is 398 g/mol. The van der Waals surface area contributed by atoms with E-state index in [1.165, 1.54) is 4.31 Å². The molecule has 8 heteroatoms. The summed E-state index contributed by atoms with van der Waals surface area (Å²) < 4.78 is 33.3. The molecule has 0 aromatic heterocycles. The number of nitriles is 1. The molecule has 2 aromatic carbocycles. The number of fused-ring (bicyclic) bond motifs is 1. The summed E-state index contributed by atoms with van der Waals surface area (Å²) in [6, 6.07) is 15.6. The highest BCUT2D eigenvalue weighted by atomic mass is 32.2. The molecular weight excluding hydrogens is 376 g/mol. The molecular formula is C20H22N4O3S. The van der Waals surface area contributed by atoms with Crippen LogP contribution >= 0.6 is 0 Å². The van der Waals surface area contributed by atoms with E-state index in [-0.39, 0.29) is 12.0 Å². The van der Waals surface area contributed by atoms with Gasteiger partial charge in [-0.1, -0.05) is 18.2 Å². The summed E-state index contributed by atoms with van der Waals surface area (Å²) in [5.41, 5.74) is 3.61. The molecule has 146 valence electrons. The minimum Gasteiger partial charge on any atom is -0.497 e. The van der Waals surface area contributed by atoms with E-state index in [2.05, 4.69) is 22.6 Å². The zero-order valence-corrected chi connectivity index (χ0v) is 16.6. The van der Waals surface area contributed by atoms with Crippen LogP contribution in [0.3, 0.4) is 0 Å². The van der Waals surface area contributed by atoms with Gasteiger partial charge in [-0.3, -0.25) is 4.31 Å². The van der Waals surface area contributed by atoms with E-state index < -0.39 is 10.2 Å². The molecule has 2 unspecified atom stereocenters. The molecule has 4 rings (SSSR count). The summed E-state index contributed by atoms with van der Waals surface area (Å²) >= 11 is 0. The van der Waals surface area contributed by atoms with Gasteiger partial charge in [0.1, 0.15) is 5.75 Å². The Morgan fingerprint density at radius 3 is 2.57 bits per heavy atom. The maximum absolute atomic E-state index is 12.1. The first kappa shape index (κ1) is 18.6. The Hall–Kier alpha value is -2.76. The number of hydrogen-bond donors (Lipinski definition) is 1. The van der Waals surface area contributed by atoms with Crippen molar-refractivity contribution in [2.24, 2.45) is 0 Å². The molecule has 1 N–H and O–H groups in total. The fraction of sp³-hybridized carbons (Fsp3) is 0.350. The molecule has 2 atom stereocenters. The monoisotopic (exact) mass is 398 g/mol. The van der Waals surface area contributed by atoms with E-state index in [1.807, 2.05) is 42.5 Å². The fourth-order valence-corrected chi connectivity index (χ4v) is 5.36. The number of nitrogens with zero attached hydrogens (tertiary/aromatic N) is 3. The molecule has 0 aliphatic carbocycles. The van der Waals surface area contributed by atoms with Gasteiger partial charge in [-0.15, -0.1) is 0 Å². The Balaban J connectivity index is 1.71. The van der Waals surface area contributed by atoms with Crippen LogP contribution in [-0.2, 0) is 10.2 Å². The van der Waals surface area contributed by atoms with Crippen molar-refractivity contribution in [3.8, 4) is 11.8 Å². The van der Waals surface area contributed by atoms with Gasteiger partial charge in [0.05, 0.1) is 30.8 Å². The molecule has 0 amide bonds. The van der Waals surface area contributed by atoms with Crippen molar-refractivity contribution in [3.63, 3.8) is 0 Å². The third-order valence-electron chi connectivity index (χ3n) is 5.43. The molecule has 1 fully saturated rings. The predicted molar refractivity (Wildman–Crippen MR) is 108 cm³/mol. The average Bonchev–Trinajstić information content (AvgIpc) is 3.23. The minimum absolute atomic E-state index is 0.125. The lowest BCUT2D eigenvalue weighted by molar-refractivity contribution is 0.415. The third kappa shape index (κ3) is 2.87. The van der Waals surface area contributed by atoms with Gasteiger partial charge in [-0.05, 0) is 36.2 Å². The highest BCUT2D eigenvalue weighted by Crippen LogP contribution is 2.49. The van der Waals surface area contributed by atoms with Gasteiger partial charge in [0.15, 0.2) is 0 Å². The Morgan fingerprint density at radius 1 is 1.25 bits per heavy atom. The van der Waals surface area contributed by atoms with Gasteiger partial charge in [-0.25, -0.2) is 0 Å². The second kappa shape index (κ2) is 7.00. The molecule has 0 saturated carbocycles. The summed E-state index contributed by atoms with van der Waals surface area (Å²) in [5.74, 6) is 0.459. The quantitative estimate of drug-likeness (QED) is 0.855. The molecule has 0 bridgehead atoms. The van der Waals surface area contributed by atoms with Crippen molar-refractivity contribution in [2.75, 3.05) is 35.9 Å². The molecule has 2 aliphatic heterocycles. The summed E-state index contributed by atoms with van der Waals surface area (Å²) in [4.78, 5) is 2.20. The molecule has 0 spiro atoms. The summed E-state index contributed by atoms with van der Waals surface area (Å²) in [7, 11) is -1.82. The van der Waals surface area contributed by atoms with Crippen molar-refractivity contribution in [1.82, 2.24) is 4.72 Å². The van der Waals surface area contributed by atoms with E-state index in [1.54, 1.807) is 7.11 Å². The van der Waals surface area contributed by atoms with Crippen LogP contribution in [0.1, 0.15) is 30.0 Å². The highest BCUT2D eigenvalue weighted by Gasteiger charge is 2.39. The molecule has 0 radical (unpaired) electrons. The number of ether oxygens (including phenoxy) is 1. The SMILES string of the molecule is CCN1c2cc(OC)ccc2C(C#N)C1c1ccc(N2CCNS2(=O)=O)cc1. The number of likely N-dealkylation sites (N-methyl/N-ethyl adjacent to an activating group) is 1. The lowest BCUT2D eigenvalue weighted by Gasteiger charge is -2.28. The number of methoxy groups -OCH3 is 1. The van der Waals surface area contributed by atoms with Crippen molar-refractivity contribution in [3.05, 3.63) is 53.6 Å². The number of hydrogen-bond acceptors (Lipinski definition) is 5. The smallest absolute Gasteiger partial charge is 0.301 e. The van der Waals surface area contributed by atoms with E-state index in [0.717, 1.165) is 29.1 Å². The molecule has 28 heavy (non-hydrogen) atoms. The van der Waals surface area contributed by atoms with Gasteiger partial charge in [0, 0.05) is 31.4 Å². The Labute approximate surface area is 165 Å². The number of rotatable bonds is 4. The fourth-order valence-electron chi connectivity index (χ4n) is 4.12. The second-order valence-electron chi connectivity index (χ2n) is 6.83. The number of anilines is 2. The van der Waals surface area contributed by atoms with E-state index in [9.17, 15) is 13.7 Å². The number of benzene rings is 2. The van der Waals surface area contributed by atoms with E-state index in [0.29, 0.717) is 18.8 Å². The van der Waals surface area contributed by atoms with Crippen LogP contribution in [0.25, 0.3) is 0 Å². The lowest BCUT2D eigenvalue weighted by atomic mass is 9.91. The zero-order valence-electron chi connectivity index (χ0n) is 15.8. The van der Waals surface area contributed by atoms with Crippen molar-refractivity contribution < 1.29 is 13.2 Å².